The molecular formula is C9H12N6S. The molecule has 0 saturated carbocycles. The Kier molecular flexibility index (Phi) is 3.28. The third kappa shape index (κ3) is 2.65. The monoisotopic (exact) mass is 236 g/mol. The first-order chi connectivity index (χ1) is 7.78. The summed E-state index contributed by atoms with van der Waals surface area (Å²) < 4.78 is 0. The van der Waals surface area contributed by atoms with Crippen LogP contribution in [-0.4, -0.2) is 15.0 Å². The summed E-state index contributed by atoms with van der Waals surface area (Å²) in [5.74, 6) is 6.32. The van der Waals surface area contributed by atoms with Crippen LogP contribution < -0.4 is 16.6 Å². The molecule has 4 N–H and O–H groups in total. The maximum atomic E-state index is 5.22. The lowest BCUT2D eigenvalue weighted by Gasteiger charge is -2.04. The summed E-state index contributed by atoms with van der Waals surface area (Å²) in [6.45, 7) is 2.68. The fourth-order valence-electron chi connectivity index (χ4n) is 1.18. The number of nitrogens with one attached hydrogen (secondary N) is 2. The van der Waals surface area contributed by atoms with Gasteiger partial charge in [0.2, 0.25) is 5.95 Å². The molecule has 16 heavy (non-hydrogen) atoms. The van der Waals surface area contributed by atoms with E-state index >= 15 is 0 Å². The van der Waals surface area contributed by atoms with E-state index in [1.807, 2.05) is 13.1 Å². The number of rotatable bonds is 4. The molecule has 0 fully saturated rings. The van der Waals surface area contributed by atoms with Crippen molar-refractivity contribution in [2.75, 3.05) is 10.7 Å². The number of anilines is 2. The van der Waals surface area contributed by atoms with Gasteiger partial charge in [-0.05, 0) is 13.0 Å². The molecule has 0 aliphatic rings. The van der Waals surface area contributed by atoms with Crippen LogP contribution in [0, 0.1) is 6.92 Å². The summed E-state index contributed by atoms with van der Waals surface area (Å²) >= 11 is 1.66. The molecule has 2 heterocycles. The minimum atomic E-state index is 0.389. The van der Waals surface area contributed by atoms with Crippen LogP contribution in [0.25, 0.3) is 0 Å². The van der Waals surface area contributed by atoms with E-state index in [2.05, 4.69) is 25.7 Å². The van der Waals surface area contributed by atoms with Crippen molar-refractivity contribution < 1.29 is 0 Å². The molecule has 2 aromatic rings. The fourth-order valence-corrected chi connectivity index (χ4v) is 1.90. The van der Waals surface area contributed by atoms with Gasteiger partial charge in [-0.2, -0.15) is 4.98 Å². The summed E-state index contributed by atoms with van der Waals surface area (Å²) in [4.78, 5) is 13.5. The second-order valence-electron chi connectivity index (χ2n) is 3.13. The van der Waals surface area contributed by atoms with E-state index in [9.17, 15) is 0 Å². The van der Waals surface area contributed by atoms with Crippen molar-refractivity contribution in [3.63, 3.8) is 0 Å². The third-order valence-corrected chi connectivity index (χ3v) is 2.79. The van der Waals surface area contributed by atoms with Crippen LogP contribution in [0.4, 0.5) is 11.8 Å². The van der Waals surface area contributed by atoms with Gasteiger partial charge >= 0.3 is 0 Å². The van der Waals surface area contributed by atoms with E-state index < -0.39 is 0 Å². The predicted octanol–water partition coefficient (Wildman–Crippen LogP) is 1.14. The highest BCUT2D eigenvalue weighted by Gasteiger charge is 2.00. The summed E-state index contributed by atoms with van der Waals surface area (Å²) in [6.07, 6.45) is 3.49. The van der Waals surface area contributed by atoms with Crippen LogP contribution in [-0.2, 0) is 6.54 Å². The molecule has 0 unspecified atom stereocenters. The largest absolute Gasteiger partial charge is 0.363 e. The van der Waals surface area contributed by atoms with E-state index in [0.29, 0.717) is 12.5 Å². The van der Waals surface area contributed by atoms with Crippen LogP contribution >= 0.6 is 11.3 Å². The van der Waals surface area contributed by atoms with Gasteiger partial charge in [-0.25, -0.2) is 15.8 Å². The zero-order valence-corrected chi connectivity index (χ0v) is 9.58. The number of nitrogens with zero attached hydrogens (tertiary/aromatic N) is 3. The van der Waals surface area contributed by atoms with Gasteiger partial charge in [0, 0.05) is 17.3 Å². The zero-order valence-electron chi connectivity index (χ0n) is 8.77. The predicted molar refractivity (Wildman–Crippen MR) is 64.0 cm³/mol. The van der Waals surface area contributed by atoms with Gasteiger partial charge in [-0.1, -0.05) is 0 Å². The number of thiazole rings is 1. The van der Waals surface area contributed by atoms with Gasteiger partial charge in [0.25, 0.3) is 0 Å². The second kappa shape index (κ2) is 4.86. The first-order valence-corrected chi connectivity index (χ1v) is 5.54. The fraction of sp³-hybridized carbons (Fsp3) is 0.222. The topological polar surface area (TPSA) is 88.8 Å². The Balaban J connectivity index is 1.99. The molecule has 0 aliphatic heterocycles. The minimum Gasteiger partial charge on any atom is -0.363 e. The van der Waals surface area contributed by atoms with E-state index in [0.717, 1.165) is 10.8 Å². The van der Waals surface area contributed by atoms with Gasteiger partial charge in [0.05, 0.1) is 6.54 Å². The van der Waals surface area contributed by atoms with Gasteiger partial charge in [-0.15, -0.1) is 11.3 Å². The Morgan fingerprint density at radius 1 is 1.44 bits per heavy atom. The quantitative estimate of drug-likeness (QED) is 0.545. The van der Waals surface area contributed by atoms with E-state index in [-0.39, 0.29) is 0 Å². The van der Waals surface area contributed by atoms with Gasteiger partial charge in [0.1, 0.15) is 10.8 Å². The minimum absolute atomic E-state index is 0.389. The summed E-state index contributed by atoms with van der Waals surface area (Å²) in [6, 6.07) is 1.78. The third-order valence-electron chi connectivity index (χ3n) is 1.87. The highest BCUT2D eigenvalue weighted by molar-refractivity contribution is 7.11. The lowest BCUT2D eigenvalue weighted by molar-refractivity contribution is 1.05. The highest BCUT2D eigenvalue weighted by Crippen LogP contribution is 2.13. The molecule has 2 aromatic heterocycles. The van der Waals surface area contributed by atoms with Crippen molar-refractivity contribution in [2.24, 2.45) is 5.84 Å². The number of hydrazine groups is 1. The molecule has 0 bridgehead atoms. The van der Waals surface area contributed by atoms with Crippen molar-refractivity contribution >= 4 is 23.1 Å². The van der Waals surface area contributed by atoms with Crippen molar-refractivity contribution in [3.8, 4) is 0 Å². The van der Waals surface area contributed by atoms with E-state index in [1.165, 1.54) is 4.88 Å². The number of hydrogen-bond acceptors (Lipinski definition) is 7. The summed E-state index contributed by atoms with van der Waals surface area (Å²) in [5.41, 5.74) is 2.39. The molecule has 0 radical (unpaired) electrons. The Bertz CT molecular complexity index is 469. The van der Waals surface area contributed by atoms with Crippen LogP contribution in [0.5, 0.6) is 0 Å². The van der Waals surface area contributed by atoms with E-state index in [4.69, 9.17) is 5.84 Å². The average Bonchev–Trinajstić information content (AvgIpc) is 2.73. The molecule has 0 aromatic carbocycles. The number of nitrogen functional groups attached to an aromatic ring is 1. The molecular weight excluding hydrogens is 224 g/mol. The zero-order chi connectivity index (χ0) is 11.4. The van der Waals surface area contributed by atoms with Crippen molar-refractivity contribution in [3.05, 3.63) is 28.3 Å². The van der Waals surface area contributed by atoms with Gasteiger partial charge < -0.3 is 5.32 Å². The first kappa shape index (κ1) is 10.8. The Labute approximate surface area is 96.9 Å². The molecule has 0 atom stereocenters. The lowest BCUT2D eigenvalue weighted by Crippen LogP contribution is -2.11. The number of nitrogens with two attached hydrogens (primary N) is 1. The second-order valence-corrected chi connectivity index (χ2v) is 4.45. The molecule has 6 nitrogen and oxygen atoms in total. The molecule has 0 saturated heterocycles. The number of aryl methyl sites for hydroxylation is 1. The normalized spacial score (nSPS) is 10.1. The smallest absolute Gasteiger partial charge is 0.239 e. The first-order valence-electron chi connectivity index (χ1n) is 4.73. The summed E-state index contributed by atoms with van der Waals surface area (Å²) in [5, 5.41) is 4.18. The number of hydrogen-bond donors (Lipinski definition) is 3. The van der Waals surface area contributed by atoms with Gasteiger partial charge in [0.15, 0.2) is 0 Å². The molecule has 2 rings (SSSR count). The Morgan fingerprint density at radius 3 is 3.00 bits per heavy atom. The summed E-state index contributed by atoms with van der Waals surface area (Å²) in [7, 11) is 0. The molecule has 7 heteroatoms. The maximum absolute atomic E-state index is 5.22. The Hall–Kier alpha value is -1.73. The van der Waals surface area contributed by atoms with Crippen LogP contribution in [0.2, 0.25) is 0 Å². The van der Waals surface area contributed by atoms with Crippen molar-refractivity contribution in [2.45, 2.75) is 13.5 Å². The molecule has 0 aliphatic carbocycles. The molecule has 84 valence electrons. The van der Waals surface area contributed by atoms with Crippen LogP contribution in [0.15, 0.2) is 18.5 Å². The van der Waals surface area contributed by atoms with Crippen molar-refractivity contribution in [1.29, 1.82) is 0 Å². The van der Waals surface area contributed by atoms with Crippen molar-refractivity contribution in [1.82, 2.24) is 15.0 Å². The Morgan fingerprint density at radius 2 is 2.31 bits per heavy atom. The lowest BCUT2D eigenvalue weighted by atomic mass is 10.5. The molecule has 0 spiro atoms. The van der Waals surface area contributed by atoms with Gasteiger partial charge in [-0.3, -0.25) is 5.43 Å². The average molecular weight is 236 g/mol. The highest BCUT2D eigenvalue weighted by atomic mass is 32.1. The SMILES string of the molecule is Cc1cnc(CNc2ccnc(NN)n2)s1. The molecule has 0 amide bonds. The number of aromatic nitrogens is 3. The van der Waals surface area contributed by atoms with Crippen LogP contribution in [0.3, 0.4) is 0 Å². The standard InChI is InChI=1S/C9H12N6S/c1-6-4-13-8(16-6)5-12-7-2-3-11-9(14-7)15-10/h2-4H,5,10H2,1H3,(H2,11,12,14,15). The maximum Gasteiger partial charge on any atom is 0.239 e. The van der Waals surface area contributed by atoms with E-state index in [1.54, 1.807) is 23.6 Å². The van der Waals surface area contributed by atoms with Crippen LogP contribution in [0.1, 0.15) is 9.88 Å².